The molecule has 0 aromatic heterocycles. The summed E-state index contributed by atoms with van der Waals surface area (Å²) in [7, 11) is -3.97. The number of hydrogen-bond acceptors (Lipinski definition) is 4. The standard InChI is InChI=1S/C20H15Cl2NO3S/c1-14-7-8-17(22)12-19(14)23-13-15-11-16(21)9-10-20(15)26-27(24,25)18-5-3-2-4-6-18/h2-13H,1H3. The number of hydrogen-bond donors (Lipinski definition) is 0. The third kappa shape index (κ3) is 4.89. The Morgan fingerprint density at radius 2 is 1.59 bits per heavy atom. The van der Waals surface area contributed by atoms with Crippen molar-refractivity contribution < 1.29 is 12.6 Å². The molecule has 0 fully saturated rings. The van der Waals surface area contributed by atoms with Gasteiger partial charge in [0.25, 0.3) is 0 Å². The van der Waals surface area contributed by atoms with Crippen molar-refractivity contribution in [1.82, 2.24) is 0 Å². The molecule has 7 heteroatoms. The molecule has 4 nitrogen and oxygen atoms in total. The van der Waals surface area contributed by atoms with E-state index in [1.807, 2.05) is 13.0 Å². The minimum Gasteiger partial charge on any atom is -0.378 e. The number of aliphatic imine (C=N–C) groups is 1. The fourth-order valence-electron chi connectivity index (χ4n) is 2.31. The lowest BCUT2D eigenvalue weighted by Crippen LogP contribution is -2.10. The molecular formula is C20H15Cl2NO3S. The zero-order valence-corrected chi connectivity index (χ0v) is 16.6. The first kappa shape index (κ1) is 19.4. The Morgan fingerprint density at radius 1 is 0.926 bits per heavy atom. The zero-order valence-electron chi connectivity index (χ0n) is 14.3. The maximum Gasteiger partial charge on any atom is 0.339 e. The second kappa shape index (κ2) is 8.13. The van der Waals surface area contributed by atoms with E-state index in [1.165, 1.54) is 24.4 Å². The quantitative estimate of drug-likeness (QED) is 0.386. The van der Waals surface area contributed by atoms with E-state index in [9.17, 15) is 8.42 Å². The third-order valence-corrected chi connectivity index (χ3v) is 5.44. The first-order valence-electron chi connectivity index (χ1n) is 7.94. The molecule has 0 heterocycles. The maximum absolute atomic E-state index is 12.5. The Bertz CT molecular complexity index is 1100. The molecule has 0 saturated heterocycles. The van der Waals surface area contributed by atoms with Crippen molar-refractivity contribution in [3.8, 4) is 5.75 Å². The lowest BCUT2D eigenvalue weighted by Gasteiger charge is -2.10. The van der Waals surface area contributed by atoms with E-state index in [0.29, 0.717) is 21.3 Å². The van der Waals surface area contributed by atoms with E-state index in [0.717, 1.165) is 5.56 Å². The molecule has 0 aliphatic carbocycles. The number of nitrogens with zero attached hydrogens (tertiary/aromatic N) is 1. The van der Waals surface area contributed by atoms with Gasteiger partial charge in [0.15, 0.2) is 5.75 Å². The molecule has 0 bridgehead atoms. The Labute approximate surface area is 168 Å². The molecule has 0 aliphatic rings. The average molecular weight is 420 g/mol. The van der Waals surface area contributed by atoms with Crippen molar-refractivity contribution in [2.45, 2.75) is 11.8 Å². The van der Waals surface area contributed by atoms with Crippen LogP contribution < -0.4 is 4.18 Å². The lowest BCUT2D eigenvalue weighted by molar-refractivity contribution is 0.485. The van der Waals surface area contributed by atoms with Crippen LogP contribution in [0.25, 0.3) is 0 Å². The van der Waals surface area contributed by atoms with Crippen LogP contribution >= 0.6 is 23.2 Å². The molecule has 0 amide bonds. The van der Waals surface area contributed by atoms with E-state index in [-0.39, 0.29) is 10.6 Å². The third-order valence-electron chi connectivity index (χ3n) is 3.72. The molecule has 3 rings (SSSR count). The first-order chi connectivity index (χ1) is 12.8. The van der Waals surface area contributed by atoms with Crippen LogP contribution in [0.4, 0.5) is 5.69 Å². The van der Waals surface area contributed by atoms with Gasteiger partial charge in [-0.25, -0.2) is 0 Å². The Hall–Kier alpha value is -2.34. The van der Waals surface area contributed by atoms with Crippen LogP contribution in [-0.4, -0.2) is 14.6 Å². The average Bonchev–Trinajstić information content (AvgIpc) is 2.65. The van der Waals surface area contributed by atoms with Crippen molar-refractivity contribution in [3.05, 3.63) is 87.9 Å². The minimum absolute atomic E-state index is 0.0634. The summed E-state index contributed by atoms with van der Waals surface area (Å²) < 4.78 is 30.3. The van der Waals surface area contributed by atoms with Gasteiger partial charge in [-0.3, -0.25) is 4.99 Å². The summed E-state index contributed by atoms with van der Waals surface area (Å²) in [5.74, 6) is 0.131. The van der Waals surface area contributed by atoms with E-state index in [2.05, 4.69) is 4.99 Å². The summed E-state index contributed by atoms with van der Waals surface area (Å²) in [6.07, 6.45) is 1.50. The van der Waals surface area contributed by atoms with Gasteiger partial charge in [0.05, 0.1) is 5.69 Å². The van der Waals surface area contributed by atoms with Crippen molar-refractivity contribution in [3.63, 3.8) is 0 Å². The molecular weight excluding hydrogens is 405 g/mol. The summed E-state index contributed by atoms with van der Waals surface area (Å²) in [6, 6.07) is 17.9. The summed E-state index contributed by atoms with van der Waals surface area (Å²) >= 11 is 12.1. The lowest BCUT2D eigenvalue weighted by atomic mass is 10.2. The van der Waals surface area contributed by atoms with Gasteiger partial charge in [-0.15, -0.1) is 0 Å². The van der Waals surface area contributed by atoms with Crippen LogP contribution in [0.2, 0.25) is 10.0 Å². The summed E-state index contributed by atoms with van der Waals surface area (Å²) in [5.41, 5.74) is 2.03. The fourth-order valence-corrected chi connectivity index (χ4v) is 3.63. The second-order valence-corrected chi connectivity index (χ2v) is 8.14. The second-order valence-electron chi connectivity index (χ2n) is 5.72. The summed E-state index contributed by atoms with van der Waals surface area (Å²) in [6.45, 7) is 1.90. The molecule has 138 valence electrons. The normalized spacial score (nSPS) is 11.7. The van der Waals surface area contributed by atoms with Crippen molar-refractivity contribution in [2.24, 2.45) is 4.99 Å². The van der Waals surface area contributed by atoms with Crippen LogP contribution in [-0.2, 0) is 10.1 Å². The van der Waals surface area contributed by atoms with Gasteiger partial charge >= 0.3 is 10.1 Å². The summed E-state index contributed by atoms with van der Waals surface area (Å²) in [5, 5.41) is 0.991. The van der Waals surface area contributed by atoms with E-state index < -0.39 is 10.1 Å². The molecule has 3 aromatic rings. The van der Waals surface area contributed by atoms with Crippen molar-refractivity contribution in [1.29, 1.82) is 0 Å². The van der Waals surface area contributed by atoms with E-state index in [1.54, 1.807) is 42.5 Å². The molecule has 0 atom stereocenters. The highest BCUT2D eigenvalue weighted by atomic mass is 35.5. The Kier molecular flexibility index (Phi) is 5.85. The van der Waals surface area contributed by atoms with Crippen LogP contribution in [0.15, 0.2) is 76.6 Å². The van der Waals surface area contributed by atoms with E-state index in [4.69, 9.17) is 27.4 Å². The molecule has 0 radical (unpaired) electrons. The van der Waals surface area contributed by atoms with Gasteiger partial charge < -0.3 is 4.18 Å². The number of aryl methyl sites for hydroxylation is 1. The Balaban J connectivity index is 1.96. The molecule has 0 unspecified atom stereocenters. The molecule has 0 spiro atoms. The highest BCUT2D eigenvalue weighted by Gasteiger charge is 2.18. The monoisotopic (exact) mass is 419 g/mol. The van der Waals surface area contributed by atoms with Gasteiger partial charge in [0.1, 0.15) is 4.90 Å². The fraction of sp³-hybridized carbons (Fsp3) is 0.0500. The molecule has 3 aromatic carbocycles. The van der Waals surface area contributed by atoms with Crippen molar-refractivity contribution in [2.75, 3.05) is 0 Å². The molecule has 0 saturated carbocycles. The largest absolute Gasteiger partial charge is 0.378 e. The van der Waals surface area contributed by atoms with Crippen LogP contribution in [0.1, 0.15) is 11.1 Å². The highest BCUT2D eigenvalue weighted by Crippen LogP contribution is 2.27. The number of rotatable bonds is 5. The topological polar surface area (TPSA) is 55.7 Å². The van der Waals surface area contributed by atoms with Gasteiger partial charge in [0, 0.05) is 21.8 Å². The predicted octanol–water partition coefficient (Wildman–Crippen LogP) is 5.82. The van der Waals surface area contributed by atoms with Crippen LogP contribution in [0, 0.1) is 6.92 Å². The van der Waals surface area contributed by atoms with Crippen LogP contribution in [0.5, 0.6) is 5.75 Å². The molecule has 0 aliphatic heterocycles. The smallest absolute Gasteiger partial charge is 0.339 e. The summed E-state index contributed by atoms with van der Waals surface area (Å²) in [4.78, 5) is 4.46. The molecule has 0 N–H and O–H groups in total. The number of halogens is 2. The first-order valence-corrected chi connectivity index (χ1v) is 10.1. The minimum atomic E-state index is -3.97. The van der Waals surface area contributed by atoms with Gasteiger partial charge in [-0.05, 0) is 55.0 Å². The van der Waals surface area contributed by atoms with Gasteiger partial charge in [0.2, 0.25) is 0 Å². The number of benzene rings is 3. The van der Waals surface area contributed by atoms with Gasteiger partial charge in [-0.2, -0.15) is 8.42 Å². The van der Waals surface area contributed by atoms with Gasteiger partial charge in [-0.1, -0.05) is 47.5 Å². The predicted molar refractivity (Wildman–Crippen MR) is 109 cm³/mol. The maximum atomic E-state index is 12.5. The SMILES string of the molecule is Cc1ccc(Cl)cc1N=Cc1cc(Cl)ccc1OS(=O)(=O)c1ccccc1. The highest BCUT2D eigenvalue weighted by molar-refractivity contribution is 7.87. The van der Waals surface area contributed by atoms with E-state index >= 15 is 0 Å². The molecule has 27 heavy (non-hydrogen) atoms. The van der Waals surface area contributed by atoms with Crippen LogP contribution in [0.3, 0.4) is 0 Å². The van der Waals surface area contributed by atoms with Crippen molar-refractivity contribution >= 4 is 45.2 Å². The zero-order chi connectivity index (χ0) is 19.4. The Morgan fingerprint density at radius 3 is 2.33 bits per heavy atom.